The Hall–Kier alpha value is -3.20. The van der Waals surface area contributed by atoms with Gasteiger partial charge in [0, 0.05) is 17.9 Å². The van der Waals surface area contributed by atoms with E-state index in [4.69, 9.17) is 23.7 Å². The van der Waals surface area contributed by atoms with Gasteiger partial charge in [0.2, 0.25) is 6.29 Å². The van der Waals surface area contributed by atoms with Crippen molar-refractivity contribution in [3.63, 3.8) is 0 Å². The van der Waals surface area contributed by atoms with Crippen molar-refractivity contribution in [2.24, 2.45) is 5.92 Å². The molecule has 0 aliphatic carbocycles. The second-order valence-corrected chi connectivity index (χ2v) is 8.71. The van der Waals surface area contributed by atoms with Gasteiger partial charge in [-0.2, -0.15) is 0 Å². The molecule has 38 heavy (non-hydrogen) atoms. The molecule has 2 heterocycles. The first kappa shape index (κ1) is 29.4. The zero-order valence-electron chi connectivity index (χ0n) is 20.8. The van der Waals surface area contributed by atoms with Crippen molar-refractivity contribution in [3.05, 3.63) is 47.2 Å². The van der Waals surface area contributed by atoms with Crippen LogP contribution in [0.1, 0.15) is 18.9 Å². The molecule has 0 bridgehead atoms. The van der Waals surface area contributed by atoms with Crippen LogP contribution in [0.3, 0.4) is 0 Å². The molecule has 7 atom stereocenters. The van der Waals surface area contributed by atoms with Gasteiger partial charge < -0.3 is 54.3 Å². The van der Waals surface area contributed by atoms with Gasteiger partial charge in [0.25, 0.3) is 0 Å². The van der Waals surface area contributed by atoms with E-state index in [0.717, 1.165) is 6.26 Å². The van der Waals surface area contributed by atoms with Crippen molar-refractivity contribution in [1.29, 1.82) is 0 Å². The van der Waals surface area contributed by atoms with Gasteiger partial charge in [-0.15, -0.1) is 0 Å². The summed E-state index contributed by atoms with van der Waals surface area (Å²) in [6.07, 6.45) is -6.39. The highest BCUT2D eigenvalue weighted by Crippen LogP contribution is 2.36. The Morgan fingerprint density at radius 2 is 1.82 bits per heavy atom. The number of aliphatic hydroxyl groups excluding tert-OH is 4. The molecule has 0 aromatic heterocycles. The largest absolute Gasteiger partial charge is 0.504 e. The maximum atomic E-state index is 12.9. The predicted molar refractivity (Wildman–Crippen MR) is 126 cm³/mol. The molecule has 0 unspecified atom stereocenters. The van der Waals surface area contributed by atoms with Gasteiger partial charge in [-0.1, -0.05) is 12.1 Å². The maximum Gasteiger partial charge on any atom is 0.337 e. The van der Waals surface area contributed by atoms with Gasteiger partial charge in [0.1, 0.15) is 24.4 Å². The van der Waals surface area contributed by atoms with E-state index in [0.29, 0.717) is 11.1 Å². The zero-order valence-corrected chi connectivity index (χ0v) is 20.8. The molecule has 1 aromatic carbocycles. The Labute approximate surface area is 218 Å². The van der Waals surface area contributed by atoms with Crippen LogP contribution in [0.15, 0.2) is 41.7 Å². The van der Waals surface area contributed by atoms with Gasteiger partial charge in [0.05, 0.1) is 38.6 Å². The fourth-order valence-corrected chi connectivity index (χ4v) is 4.13. The molecule has 2 aliphatic heterocycles. The summed E-state index contributed by atoms with van der Waals surface area (Å²) in [5.41, 5.74) is 0.895. The number of carbonyl (C=O) groups is 2. The zero-order chi connectivity index (χ0) is 28.0. The van der Waals surface area contributed by atoms with Crippen molar-refractivity contribution in [3.8, 4) is 11.5 Å². The first-order chi connectivity index (χ1) is 18.1. The Balaban J connectivity index is 1.75. The Morgan fingerprint density at radius 3 is 2.45 bits per heavy atom. The number of aromatic hydroxyl groups is 2. The second-order valence-electron chi connectivity index (χ2n) is 8.71. The highest BCUT2D eigenvalue weighted by atomic mass is 16.8. The van der Waals surface area contributed by atoms with Crippen LogP contribution >= 0.6 is 0 Å². The first-order valence-electron chi connectivity index (χ1n) is 11.8. The molecule has 13 heteroatoms. The standard InChI is InChI=1S/C25H32O13/c1-3-13-14(9-19(29)34-2)15(23(33)35-7-6-12-4-5-16(27)17(28)8-12)11-36-24(13)38-25-22(32)21(31)20(30)18(10-26)37-25/h3-5,8,11,14,18,20-22,24-28,30-32H,6-7,9-10H2,1-2H3/t14-,18+,20+,21-,22+,24-,25-/m0/s1. The number of benzene rings is 1. The topological polar surface area (TPSA) is 202 Å². The van der Waals surface area contributed by atoms with Gasteiger partial charge >= 0.3 is 11.9 Å². The van der Waals surface area contributed by atoms with Crippen LogP contribution in [0.25, 0.3) is 0 Å². The van der Waals surface area contributed by atoms with E-state index in [-0.39, 0.29) is 36.5 Å². The molecule has 0 spiro atoms. The van der Waals surface area contributed by atoms with Gasteiger partial charge in [-0.3, -0.25) is 4.79 Å². The molecule has 6 N–H and O–H groups in total. The third-order valence-corrected chi connectivity index (χ3v) is 6.31. The van der Waals surface area contributed by atoms with E-state index in [2.05, 4.69) is 0 Å². The summed E-state index contributed by atoms with van der Waals surface area (Å²) in [7, 11) is 1.19. The van der Waals surface area contributed by atoms with Crippen molar-refractivity contribution in [2.45, 2.75) is 56.8 Å². The fourth-order valence-electron chi connectivity index (χ4n) is 4.13. The summed E-state index contributed by atoms with van der Waals surface area (Å²) in [6, 6.07) is 4.21. The highest BCUT2D eigenvalue weighted by Gasteiger charge is 2.46. The molecule has 13 nitrogen and oxygen atoms in total. The normalized spacial score (nSPS) is 30.3. The highest BCUT2D eigenvalue weighted by molar-refractivity contribution is 5.90. The van der Waals surface area contributed by atoms with Gasteiger partial charge in [-0.25, -0.2) is 4.79 Å². The Bertz CT molecular complexity index is 1050. The number of rotatable bonds is 9. The van der Waals surface area contributed by atoms with Crippen molar-refractivity contribution in [1.82, 2.24) is 0 Å². The summed E-state index contributed by atoms with van der Waals surface area (Å²) in [5, 5.41) is 58.8. The lowest BCUT2D eigenvalue weighted by molar-refractivity contribution is -0.327. The lowest BCUT2D eigenvalue weighted by Crippen LogP contribution is -2.60. The van der Waals surface area contributed by atoms with Crippen LogP contribution in [0, 0.1) is 5.92 Å². The van der Waals surface area contributed by atoms with E-state index in [1.165, 1.54) is 19.2 Å². The number of allylic oxidation sites excluding steroid dienone is 1. The summed E-state index contributed by atoms with van der Waals surface area (Å²) in [5.74, 6) is -2.91. The molecule has 0 saturated carbocycles. The predicted octanol–water partition coefficient (Wildman–Crippen LogP) is -0.634. The minimum Gasteiger partial charge on any atom is -0.504 e. The number of aliphatic hydroxyl groups is 4. The van der Waals surface area contributed by atoms with Crippen LogP contribution in [0.5, 0.6) is 11.5 Å². The maximum absolute atomic E-state index is 12.9. The van der Waals surface area contributed by atoms with Crippen LogP contribution in [-0.4, -0.2) is 99.9 Å². The Kier molecular flexibility index (Phi) is 10.1. The molecule has 1 saturated heterocycles. The van der Waals surface area contributed by atoms with Crippen LogP contribution in [-0.2, 0) is 39.7 Å². The molecule has 0 amide bonds. The van der Waals surface area contributed by atoms with Gasteiger partial charge in [0.15, 0.2) is 17.8 Å². The minimum atomic E-state index is -1.69. The lowest BCUT2D eigenvalue weighted by atomic mass is 9.86. The van der Waals surface area contributed by atoms with Crippen molar-refractivity contribution < 1.29 is 63.9 Å². The van der Waals surface area contributed by atoms with Crippen LogP contribution < -0.4 is 0 Å². The van der Waals surface area contributed by atoms with E-state index in [1.54, 1.807) is 19.1 Å². The number of hydrogen-bond donors (Lipinski definition) is 6. The number of phenolic OH excluding ortho intramolecular Hbond substituents is 2. The average Bonchev–Trinajstić information content (AvgIpc) is 2.90. The average molecular weight is 541 g/mol. The van der Waals surface area contributed by atoms with Crippen LogP contribution in [0.2, 0.25) is 0 Å². The number of carbonyl (C=O) groups excluding carboxylic acids is 2. The number of hydrogen-bond acceptors (Lipinski definition) is 13. The number of phenols is 2. The summed E-state index contributed by atoms with van der Waals surface area (Å²) in [6.45, 7) is 0.872. The molecular formula is C25H32O13. The molecule has 0 radical (unpaired) electrons. The number of esters is 2. The van der Waals surface area contributed by atoms with Gasteiger partial charge in [-0.05, 0) is 24.6 Å². The smallest absolute Gasteiger partial charge is 0.337 e. The molecular weight excluding hydrogens is 508 g/mol. The van der Waals surface area contributed by atoms with E-state index in [1.807, 2.05) is 0 Å². The third-order valence-electron chi connectivity index (χ3n) is 6.31. The number of ether oxygens (including phenoxy) is 5. The molecule has 1 fully saturated rings. The quantitative estimate of drug-likeness (QED) is 0.131. The molecule has 2 aliphatic rings. The summed E-state index contributed by atoms with van der Waals surface area (Å²) < 4.78 is 26.8. The molecule has 1 aromatic rings. The van der Waals surface area contributed by atoms with E-state index < -0.39 is 61.5 Å². The Morgan fingerprint density at radius 1 is 1.08 bits per heavy atom. The third kappa shape index (κ3) is 6.62. The fraction of sp³-hybridized carbons (Fsp3) is 0.520. The molecule has 3 rings (SSSR count). The summed E-state index contributed by atoms with van der Waals surface area (Å²) >= 11 is 0. The monoisotopic (exact) mass is 540 g/mol. The van der Waals surface area contributed by atoms with Crippen molar-refractivity contribution >= 4 is 11.9 Å². The SMILES string of the molecule is CC=C1[C@H](O[C@@H]2O[C@H](CO)[C@@H](O)[C@H](O)[C@H]2O)OC=C(C(=O)OCCc2ccc(O)c(O)c2)[C@H]1CC(=O)OC. The van der Waals surface area contributed by atoms with E-state index in [9.17, 15) is 40.2 Å². The number of methoxy groups -OCH3 is 1. The molecule has 210 valence electrons. The minimum absolute atomic E-state index is 0.00861. The van der Waals surface area contributed by atoms with Crippen molar-refractivity contribution in [2.75, 3.05) is 20.3 Å². The summed E-state index contributed by atoms with van der Waals surface area (Å²) in [4.78, 5) is 25.1. The first-order valence-corrected chi connectivity index (χ1v) is 11.8. The lowest BCUT2D eigenvalue weighted by Gasteiger charge is -2.41. The van der Waals surface area contributed by atoms with E-state index >= 15 is 0 Å². The second kappa shape index (κ2) is 13.0. The van der Waals surface area contributed by atoms with Crippen LogP contribution in [0.4, 0.5) is 0 Å².